The Hall–Kier alpha value is -2.98. The van der Waals surface area contributed by atoms with Crippen LogP contribution < -0.4 is 10.6 Å². The first-order valence-corrected chi connectivity index (χ1v) is 13.6. The predicted octanol–water partition coefficient (Wildman–Crippen LogP) is 3.04. The molecule has 5 fully saturated rings. The van der Waals surface area contributed by atoms with E-state index >= 15 is 0 Å². The largest absolute Gasteiger partial charge is 0.390 e. The van der Waals surface area contributed by atoms with Gasteiger partial charge < -0.3 is 20.5 Å². The van der Waals surface area contributed by atoms with Crippen molar-refractivity contribution in [3.63, 3.8) is 0 Å². The number of ether oxygens (including phenoxy) is 1. The van der Waals surface area contributed by atoms with E-state index in [0.717, 1.165) is 74.1 Å². The first-order valence-electron chi connectivity index (χ1n) is 13.6. The van der Waals surface area contributed by atoms with Crippen molar-refractivity contribution in [1.82, 2.24) is 25.1 Å². The molecule has 5 atom stereocenters. The molecule has 2 amide bonds. The summed E-state index contributed by atoms with van der Waals surface area (Å²) in [5.74, 6) is 0.470. The third kappa shape index (κ3) is 3.84. The van der Waals surface area contributed by atoms with Gasteiger partial charge in [-0.15, -0.1) is 0 Å². The molecule has 0 spiro atoms. The fraction of sp³-hybridized carbons (Fsp3) is 0.630. The average Bonchev–Trinajstić information content (AvgIpc) is 3.48. The second-order valence-corrected chi connectivity index (χ2v) is 11.9. The Balaban J connectivity index is 1.19. The lowest BCUT2D eigenvalue weighted by molar-refractivity contribution is -0.148. The van der Waals surface area contributed by atoms with Gasteiger partial charge in [0.05, 0.1) is 28.6 Å². The lowest BCUT2D eigenvalue weighted by Gasteiger charge is -2.58. The molecule has 3 aromatic heterocycles. The van der Waals surface area contributed by atoms with Gasteiger partial charge >= 0.3 is 11.8 Å². The Bertz CT molecular complexity index is 1360. The zero-order chi connectivity index (χ0) is 25.3. The van der Waals surface area contributed by atoms with Crippen molar-refractivity contribution in [3.05, 3.63) is 18.5 Å². The van der Waals surface area contributed by atoms with E-state index in [4.69, 9.17) is 4.74 Å². The molecule has 196 valence electrons. The first-order chi connectivity index (χ1) is 17.9. The highest BCUT2D eigenvalue weighted by atomic mass is 16.5. The highest BCUT2D eigenvalue weighted by molar-refractivity contribution is 6.40. The number of hydrogen-bond acceptors (Lipinski definition) is 6. The maximum atomic E-state index is 13.0. The number of aliphatic hydroxyl groups is 1. The fourth-order valence-corrected chi connectivity index (χ4v) is 8.18. The van der Waals surface area contributed by atoms with Crippen LogP contribution in [0.25, 0.3) is 21.9 Å². The number of carbonyl (C=O) groups is 2. The standard InChI is InChI=1S/C27H34N6O4/c1-37-18-4-2-17(3-5-18)30-25(34)26(35)31-24-20-13-29-23-19(6-7-28-23)22(20)33(32-24)21-15-8-14-9-16(21)12-27(36,10-14)11-15/h6-7,13-18,21,32,36H,2-5,8-12H2,1H3,(H,30,34)(H,31,35)/t14?,15-,16+,17?,18?,21?,27?. The topological polar surface area (TPSA) is 134 Å². The number of nitrogens with zero attached hydrogens (tertiary/aromatic N) is 3. The van der Waals surface area contributed by atoms with E-state index in [2.05, 4.69) is 30.4 Å². The van der Waals surface area contributed by atoms with Crippen LogP contribution in [0.3, 0.4) is 0 Å². The summed E-state index contributed by atoms with van der Waals surface area (Å²) in [5, 5.41) is 22.0. The Labute approximate surface area is 214 Å². The Morgan fingerprint density at radius 1 is 1.08 bits per heavy atom. The van der Waals surface area contributed by atoms with Gasteiger partial charge in [0.25, 0.3) is 0 Å². The molecule has 8 rings (SSSR count). The number of aromatic nitrogens is 4. The molecule has 0 aromatic carbocycles. The van der Waals surface area contributed by atoms with Crippen LogP contribution in [0.1, 0.15) is 63.8 Å². The Kier molecular flexibility index (Phi) is 5.34. The summed E-state index contributed by atoms with van der Waals surface area (Å²) in [6.07, 6.45) is 11.8. The molecule has 10 nitrogen and oxygen atoms in total. The Morgan fingerprint density at radius 3 is 2.54 bits per heavy atom. The van der Waals surface area contributed by atoms with Gasteiger partial charge in [0.1, 0.15) is 5.82 Å². The van der Waals surface area contributed by atoms with Crippen molar-refractivity contribution in [2.75, 3.05) is 12.4 Å². The number of pyridine rings is 1. The number of fused-ring (bicyclic) bond motifs is 3. The van der Waals surface area contributed by atoms with Gasteiger partial charge in [0, 0.05) is 30.9 Å². The minimum absolute atomic E-state index is 0.0227. The molecule has 3 aromatic rings. The number of nitrogens with one attached hydrogen (secondary N) is 3. The van der Waals surface area contributed by atoms with Gasteiger partial charge in [-0.2, -0.15) is 0 Å². The first kappa shape index (κ1) is 23.2. The molecule has 0 saturated heterocycles. The number of hydrogen-bond donors (Lipinski definition) is 4. The maximum Gasteiger partial charge on any atom is 0.314 e. The van der Waals surface area contributed by atoms with Crippen molar-refractivity contribution in [2.45, 2.75) is 81.6 Å². The zero-order valence-corrected chi connectivity index (χ0v) is 21.1. The van der Waals surface area contributed by atoms with Crippen LogP contribution in [0.5, 0.6) is 0 Å². The van der Waals surface area contributed by atoms with E-state index in [9.17, 15) is 14.7 Å². The fourth-order valence-electron chi connectivity index (χ4n) is 8.18. The van der Waals surface area contributed by atoms with Crippen LogP contribution in [-0.4, -0.2) is 61.5 Å². The number of rotatable bonds is 4. The predicted molar refractivity (Wildman–Crippen MR) is 137 cm³/mol. The summed E-state index contributed by atoms with van der Waals surface area (Å²) in [4.78, 5) is 34.7. The molecular weight excluding hydrogens is 472 g/mol. The van der Waals surface area contributed by atoms with Crippen LogP contribution in [-0.2, 0) is 14.3 Å². The number of methoxy groups -OCH3 is 1. The van der Waals surface area contributed by atoms with Gasteiger partial charge in [-0.25, -0.2) is 9.97 Å². The van der Waals surface area contributed by atoms with Gasteiger partial charge in [0.2, 0.25) is 0 Å². The van der Waals surface area contributed by atoms with E-state index in [0.29, 0.717) is 29.2 Å². The highest BCUT2D eigenvalue weighted by Crippen LogP contribution is 2.60. The lowest BCUT2D eigenvalue weighted by Crippen LogP contribution is -2.55. The van der Waals surface area contributed by atoms with Crippen LogP contribution in [0.15, 0.2) is 18.5 Å². The molecule has 5 saturated carbocycles. The second kappa shape index (κ2) is 8.52. The van der Waals surface area contributed by atoms with Gasteiger partial charge in [-0.1, -0.05) is 0 Å². The normalized spacial score (nSPS) is 34.8. The van der Waals surface area contributed by atoms with E-state index in [1.807, 2.05) is 6.07 Å². The van der Waals surface area contributed by atoms with Crippen LogP contribution >= 0.6 is 0 Å². The smallest absolute Gasteiger partial charge is 0.314 e. The molecule has 3 unspecified atom stereocenters. The van der Waals surface area contributed by atoms with Gasteiger partial charge in [0.15, 0.2) is 5.65 Å². The highest BCUT2D eigenvalue weighted by Gasteiger charge is 2.55. The van der Waals surface area contributed by atoms with E-state index in [-0.39, 0.29) is 18.2 Å². The zero-order valence-electron chi connectivity index (χ0n) is 21.1. The average molecular weight is 507 g/mol. The molecule has 0 radical (unpaired) electrons. The monoisotopic (exact) mass is 506 g/mol. The second-order valence-electron chi connectivity index (χ2n) is 11.9. The van der Waals surface area contributed by atoms with Crippen molar-refractivity contribution in [3.8, 4) is 0 Å². The van der Waals surface area contributed by atoms with Crippen molar-refractivity contribution in [2.24, 2.45) is 17.8 Å². The maximum absolute atomic E-state index is 13.0. The lowest BCUT2D eigenvalue weighted by atomic mass is 9.52. The summed E-state index contributed by atoms with van der Waals surface area (Å²) in [7, 11) is 1.71. The number of H-pyrrole nitrogens is 1. The van der Waals surface area contributed by atoms with Gasteiger partial charge in [-0.3, -0.25) is 19.4 Å². The minimum Gasteiger partial charge on any atom is -0.390 e. The summed E-state index contributed by atoms with van der Waals surface area (Å²) in [5.41, 5.74) is 1.07. The number of carbonyl (C=O) groups excluding carboxylic acids is 2. The molecule has 5 aliphatic rings. The van der Waals surface area contributed by atoms with Crippen LogP contribution in [0, 0.1) is 17.8 Å². The molecule has 3 heterocycles. The number of anilines is 1. The van der Waals surface area contributed by atoms with Crippen LogP contribution in [0.2, 0.25) is 0 Å². The van der Waals surface area contributed by atoms with Crippen molar-refractivity contribution >= 4 is 39.6 Å². The third-order valence-electron chi connectivity index (χ3n) is 9.52. The third-order valence-corrected chi connectivity index (χ3v) is 9.52. The summed E-state index contributed by atoms with van der Waals surface area (Å²) in [6.45, 7) is 0. The molecule has 4 N–H and O–H groups in total. The molecule has 0 aliphatic heterocycles. The van der Waals surface area contributed by atoms with E-state index in [1.165, 1.54) is 0 Å². The van der Waals surface area contributed by atoms with E-state index in [1.54, 1.807) is 19.5 Å². The summed E-state index contributed by atoms with van der Waals surface area (Å²) in [6, 6.07) is 2.12. The summed E-state index contributed by atoms with van der Waals surface area (Å²) < 4.78 is 7.58. The van der Waals surface area contributed by atoms with Gasteiger partial charge in [-0.05, 0) is 81.6 Å². The molecule has 5 aliphatic carbocycles. The Morgan fingerprint density at radius 2 is 1.84 bits per heavy atom. The summed E-state index contributed by atoms with van der Waals surface area (Å²) >= 11 is 0. The molecule has 4 bridgehead atoms. The SMILES string of the molecule is COC1CCC(NC(=O)C(=O)Nc2[nH]n(C3[C@@H]4CC5C[C@H]3CC(O)(C5)C4)c3c2cnc2nccc23)CC1. The van der Waals surface area contributed by atoms with Crippen molar-refractivity contribution in [1.29, 1.82) is 0 Å². The molecule has 10 heteroatoms. The van der Waals surface area contributed by atoms with Crippen LogP contribution in [0.4, 0.5) is 5.82 Å². The number of aromatic amines is 1. The minimum atomic E-state index is -0.690. The molecule has 37 heavy (non-hydrogen) atoms. The van der Waals surface area contributed by atoms with Crippen molar-refractivity contribution < 1.29 is 19.4 Å². The quantitative estimate of drug-likeness (QED) is 0.402. The van der Waals surface area contributed by atoms with E-state index < -0.39 is 17.4 Å². The number of amides is 2. The molecular formula is C27H34N6O4.